The Bertz CT molecular complexity index is 1400. The van der Waals surface area contributed by atoms with Gasteiger partial charge >= 0.3 is 0 Å². The highest BCUT2D eigenvalue weighted by molar-refractivity contribution is 6.30. The summed E-state index contributed by atoms with van der Waals surface area (Å²) in [6.45, 7) is 1.88. The molecule has 1 amide bonds. The van der Waals surface area contributed by atoms with Gasteiger partial charge in [-0.1, -0.05) is 23.7 Å². The lowest BCUT2D eigenvalue weighted by Crippen LogP contribution is -2.30. The van der Waals surface area contributed by atoms with Gasteiger partial charge in [0.05, 0.1) is 17.0 Å². The zero-order valence-electron chi connectivity index (χ0n) is 15.7. The first-order valence-corrected chi connectivity index (χ1v) is 9.60. The van der Waals surface area contributed by atoms with Gasteiger partial charge in [-0.15, -0.1) is 0 Å². The van der Waals surface area contributed by atoms with Crippen LogP contribution in [0, 0.1) is 12.7 Å². The minimum atomic E-state index is -0.801. The van der Waals surface area contributed by atoms with Crippen molar-refractivity contribution in [1.82, 2.24) is 4.98 Å². The molecule has 5 nitrogen and oxygen atoms in total. The molecule has 0 aliphatic carbocycles. The number of halogens is 2. The molecule has 0 saturated heterocycles. The number of pyridine rings is 1. The molecule has 0 saturated carbocycles. The molecule has 1 aliphatic heterocycles. The number of hydrogen-bond donors (Lipinski definition) is 0. The van der Waals surface area contributed by atoms with Gasteiger partial charge in [-0.2, -0.15) is 0 Å². The van der Waals surface area contributed by atoms with Crippen molar-refractivity contribution in [3.63, 3.8) is 0 Å². The molecule has 30 heavy (non-hydrogen) atoms. The Morgan fingerprint density at radius 3 is 2.70 bits per heavy atom. The number of nitrogens with zero attached hydrogens (tertiary/aromatic N) is 2. The number of fused-ring (bicyclic) bond motifs is 2. The van der Waals surface area contributed by atoms with Gasteiger partial charge in [0.2, 0.25) is 5.76 Å². The summed E-state index contributed by atoms with van der Waals surface area (Å²) >= 11 is 6.19. The van der Waals surface area contributed by atoms with Crippen molar-refractivity contribution in [1.29, 1.82) is 0 Å². The van der Waals surface area contributed by atoms with Gasteiger partial charge in [-0.05, 0) is 60.5 Å². The number of rotatable bonds is 2. The van der Waals surface area contributed by atoms with Crippen LogP contribution in [0.2, 0.25) is 5.02 Å². The van der Waals surface area contributed by atoms with Crippen LogP contribution in [-0.4, -0.2) is 10.9 Å². The van der Waals surface area contributed by atoms with Gasteiger partial charge in [-0.3, -0.25) is 14.5 Å². The van der Waals surface area contributed by atoms with Gasteiger partial charge in [0.25, 0.3) is 5.91 Å². The predicted molar refractivity (Wildman–Crippen MR) is 112 cm³/mol. The summed E-state index contributed by atoms with van der Waals surface area (Å²) < 4.78 is 19.6. The maximum Gasteiger partial charge on any atom is 0.296 e. The molecule has 0 fully saturated rings. The zero-order chi connectivity index (χ0) is 21.0. The first-order chi connectivity index (χ1) is 14.4. The fraction of sp³-hybridized carbons (Fsp3) is 0.0870. The molecule has 0 unspecified atom stereocenters. The number of carbonyl (C=O) groups excluding carboxylic acids is 1. The molecule has 1 atom stereocenters. The van der Waals surface area contributed by atoms with Crippen molar-refractivity contribution in [3.05, 3.63) is 104 Å². The van der Waals surface area contributed by atoms with Gasteiger partial charge < -0.3 is 4.42 Å². The Labute approximate surface area is 175 Å². The molecule has 3 heterocycles. The average Bonchev–Trinajstić information content (AvgIpc) is 3.01. The number of aryl methyl sites for hydroxylation is 1. The normalized spacial score (nSPS) is 15.6. The van der Waals surface area contributed by atoms with Crippen molar-refractivity contribution in [2.45, 2.75) is 13.0 Å². The Morgan fingerprint density at radius 1 is 1.10 bits per heavy atom. The molecule has 2 aromatic heterocycles. The Hall–Kier alpha value is -3.51. The molecule has 0 N–H and O–H groups in total. The smallest absolute Gasteiger partial charge is 0.296 e. The van der Waals surface area contributed by atoms with E-state index in [1.807, 2.05) is 13.0 Å². The second kappa shape index (κ2) is 6.78. The van der Waals surface area contributed by atoms with Gasteiger partial charge in [0.1, 0.15) is 17.2 Å². The number of anilines is 1. The molecule has 7 heteroatoms. The second-order valence-electron chi connectivity index (χ2n) is 7.14. The molecule has 5 rings (SSSR count). The summed E-state index contributed by atoms with van der Waals surface area (Å²) in [5.74, 6) is -0.745. The average molecular weight is 421 g/mol. The monoisotopic (exact) mass is 420 g/mol. The van der Waals surface area contributed by atoms with Gasteiger partial charge in [0, 0.05) is 11.2 Å². The van der Waals surface area contributed by atoms with Crippen molar-refractivity contribution >= 4 is 34.3 Å². The molecule has 1 aliphatic rings. The van der Waals surface area contributed by atoms with Crippen molar-refractivity contribution < 1.29 is 13.6 Å². The Balaban J connectivity index is 1.84. The number of aromatic nitrogens is 1. The predicted octanol–water partition coefficient (Wildman–Crippen LogP) is 5.04. The largest absolute Gasteiger partial charge is 0.450 e. The maximum absolute atomic E-state index is 13.8. The fourth-order valence-electron chi connectivity index (χ4n) is 3.83. The second-order valence-corrected chi connectivity index (χ2v) is 7.57. The molecular weight excluding hydrogens is 407 g/mol. The quantitative estimate of drug-likeness (QED) is 0.456. The highest BCUT2D eigenvalue weighted by Gasteiger charge is 2.44. The lowest BCUT2D eigenvalue weighted by molar-refractivity contribution is 0.0970. The summed E-state index contributed by atoms with van der Waals surface area (Å²) in [6, 6.07) is 13.3. The third-order valence-electron chi connectivity index (χ3n) is 5.14. The number of amides is 1. The van der Waals surface area contributed by atoms with Crippen LogP contribution >= 0.6 is 11.6 Å². The van der Waals surface area contributed by atoms with Crippen LogP contribution in [0.1, 0.15) is 33.3 Å². The number of benzene rings is 2. The standard InChI is InChI=1S/C23H14ClFN2O3/c1-12-7-8-26-18(9-12)27-20(13-3-2-4-14(24)10-13)19-21(28)16-11-15(25)5-6-17(16)30-22(19)23(27)29/h2-11,20H,1H3/t20-/m1/s1. The van der Waals surface area contributed by atoms with E-state index in [9.17, 15) is 14.0 Å². The minimum Gasteiger partial charge on any atom is -0.450 e. The van der Waals surface area contributed by atoms with E-state index in [4.69, 9.17) is 16.0 Å². The van der Waals surface area contributed by atoms with E-state index in [0.717, 1.165) is 11.6 Å². The van der Waals surface area contributed by atoms with Crippen molar-refractivity contribution in [2.24, 2.45) is 0 Å². The van der Waals surface area contributed by atoms with Crippen LogP contribution in [-0.2, 0) is 0 Å². The highest BCUT2D eigenvalue weighted by Crippen LogP contribution is 2.41. The number of carbonyl (C=O) groups is 1. The van der Waals surface area contributed by atoms with E-state index >= 15 is 0 Å². The van der Waals surface area contributed by atoms with Crippen LogP contribution in [0.25, 0.3) is 11.0 Å². The molecule has 148 valence electrons. The van der Waals surface area contributed by atoms with Crippen LogP contribution in [0.5, 0.6) is 0 Å². The van der Waals surface area contributed by atoms with E-state index in [2.05, 4.69) is 4.98 Å². The highest BCUT2D eigenvalue weighted by atomic mass is 35.5. The first-order valence-electron chi connectivity index (χ1n) is 9.22. The van der Waals surface area contributed by atoms with E-state index < -0.39 is 23.2 Å². The zero-order valence-corrected chi connectivity index (χ0v) is 16.5. The third kappa shape index (κ3) is 2.80. The number of hydrogen-bond acceptors (Lipinski definition) is 4. The molecule has 4 aromatic rings. The van der Waals surface area contributed by atoms with Gasteiger partial charge in [0.15, 0.2) is 5.43 Å². The van der Waals surface area contributed by atoms with Gasteiger partial charge in [-0.25, -0.2) is 9.37 Å². The van der Waals surface area contributed by atoms with E-state index in [0.29, 0.717) is 16.4 Å². The molecular formula is C23H14ClFN2O3. The van der Waals surface area contributed by atoms with Crippen molar-refractivity contribution in [2.75, 3.05) is 4.90 Å². The van der Waals surface area contributed by atoms with E-state index in [-0.39, 0.29) is 22.3 Å². The van der Waals surface area contributed by atoms with E-state index in [1.165, 1.54) is 17.0 Å². The molecule has 0 bridgehead atoms. The molecule has 0 radical (unpaired) electrons. The summed E-state index contributed by atoms with van der Waals surface area (Å²) in [6.07, 6.45) is 1.59. The fourth-order valence-corrected chi connectivity index (χ4v) is 4.02. The van der Waals surface area contributed by atoms with Crippen LogP contribution in [0.3, 0.4) is 0 Å². The summed E-state index contributed by atoms with van der Waals surface area (Å²) in [5.41, 5.74) is 1.36. The first kappa shape index (κ1) is 18.5. The van der Waals surface area contributed by atoms with Crippen LogP contribution in [0.15, 0.2) is 70.0 Å². The molecule has 0 spiro atoms. The lowest BCUT2D eigenvalue weighted by atomic mass is 9.98. The molecule has 2 aromatic carbocycles. The summed E-state index contributed by atoms with van der Waals surface area (Å²) in [7, 11) is 0. The Morgan fingerprint density at radius 2 is 1.93 bits per heavy atom. The van der Waals surface area contributed by atoms with Crippen LogP contribution in [0.4, 0.5) is 10.2 Å². The third-order valence-corrected chi connectivity index (χ3v) is 5.38. The summed E-state index contributed by atoms with van der Waals surface area (Å²) in [5, 5.41) is 0.536. The maximum atomic E-state index is 13.8. The van der Waals surface area contributed by atoms with Crippen LogP contribution < -0.4 is 10.3 Å². The van der Waals surface area contributed by atoms with E-state index in [1.54, 1.807) is 36.5 Å². The SMILES string of the molecule is Cc1ccnc(N2C(=O)c3oc4ccc(F)cc4c(=O)c3[C@H]2c2cccc(Cl)c2)c1. The lowest BCUT2D eigenvalue weighted by Gasteiger charge is -2.24. The summed E-state index contributed by atoms with van der Waals surface area (Å²) in [4.78, 5) is 32.5. The van der Waals surface area contributed by atoms with Crippen molar-refractivity contribution in [3.8, 4) is 0 Å². The minimum absolute atomic E-state index is 0.0765. The topological polar surface area (TPSA) is 63.4 Å². The Kier molecular flexibility index (Phi) is 4.18.